The average Bonchev–Trinajstić information content (AvgIpc) is 4.09. The Hall–Kier alpha value is -6.11. The van der Waals surface area contributed by atoms with Gasteiger partial charge in [-0.05, 0) is 72.9 Å². The molecular formula is C57H72F3N9O7S. The second-order valence-corrected chi connectivity index (χ2v) is 24.6. The molecule has 77 heavy (non-hydrogen) atoms. The number of nitrogens with one attached hydrogen (secondary N) is 4. The van der Waals surface area contributed by atoms with Gasteiger partial charge in [0.2, 0.25) is 17.7 Å². The molecule has 20 heteroatoms. The largest absolute Gasteiger partial charge is 0.489 e. The fourth-order valence-electron chi connectivity index (χ4n) is 11.8. The summed E-state index contributed by atoms with van der Waals surface area (Å²) in [5.41, 5.74) is 2.33. The van der Waals surface area contributed by atoms with Gasteiger partial charge in [0.1, 0.15) is 23.9 Å². The molecule has 0 radical (unpaired) electrons. The number of likely N-dealkylation sites (tertiary alicyclic amines) is 1. The fourth-order valence-corrected chi connectivity index (χ4v) is 12.6. The molecule has 16 nitrogen and oxygen atoms in total. The minimum absolute atomic E-state index is 0.000449. The number of amides is 4. The Kier molecular flexibility index (Phi) is 16.5. The molecule has 1 aliphatic carbocycles. The summed E-state index contributed by atoms with van der Waals surface area (Å²) in [6.07, 6.45) is -6.05. The Morgan fingerprint density at radius 2 is 1.58 bits per heavy atom. The van der Waals surface area contributed by atoms with E-state index in [0.29, 0.717) is 38.4 Å². The topological polar surface area (TPSA) is 201 Å². The predicted molar refractivity (Wildman–Crippen MR) is 287 cm³/mol. The highest BCUT2D eigenvalue weighted by molar-refractivity contribution is 7.13. The van der Waals surface area contributed by atoms with E-state index < -0.39 is 63.7 Å². The Morgan fingerprint density at radius 3 is 2.16 bits per heavy atom. The molecule has 0 bridgehead atoms. The summed E-state index contributed by atoms with van der Waals surface area (Å²) in [6, 6.07) is 17.5. The number of piperazine rings is 1. The normalized spacial score (nSPS) is 22.8. The molecule has 3 aromatic carbocycles. The number of hydrogen-bond donors (Lipinski definition) is 5. The number of anilines is 1. The third-order valence-corrected chi connectivity index (χ3v) is 16.8. The second kappa shape index (κ2) is 22.3. The molecular weight excluding hydrogens is 1010 g/mol. The van der Waals surface area contributed by atoms with Crippen LogP contribution in [-0.4, -0.2) is 144 Å². The molecule has 8 rings (SSSR count). The van der Waals surface area contributed by atoms with Gasteiger partial charge in [-0.1, -0.05) is 72.7 Å². The number of carbonyl (C=O) groups excluding carboxylic acids is 4. The summed E-state index contributed by atoms with van der Waals surface area (Å²) in [6.45, 7) is 22.5. The van der Waals surface area contributed by atoms with Crippen molar-refractivity contribution in [2.75, 3.05) is 70.9 Å². The van der Waals surface area contributed by atoms with E-state index in [2.05, 4.69) is 36.1 Å². The number of aromatic nitrogens is 1. The van der Waals surface area contributed by atoms with Crippen LogP contribution in [-0.2, 0) is 25.3 Å². The highest BCUT2D eigenvalue weighted by Gasteiger charge is 2.64. The van der Waals surface area contributed by atoms with Gasteiger partial charge in [0, 0.05) is 85.8 Å². The third kappa shape index (κ3) is 12.6. The Morgan fingerprint density at radius 1 is 0.935 bits per heavy atom. The molecule has 5 N–H and O–H groups in total. The van der Waals surface area contributed by atoms with E-state index in [-0.39, 0.29) is 60.5 Å². The first kappa shape index (κ1) is 57.1. The summed E-state index contributed by atoms with van der Waals surface area (Å²) >= 11 is 1.57. The number of thiazole rings is 1. The molecule has 4 amide bonds. The van der Waals surface area contributed by atoms with Crippen molar-refractivity contribution >= 4 is 40.7 Å². The number of aliphatic hydroxyl groups is 1. The zero-order chi connectivity index (χ0) is 55.8. The van der Waals surface area contributed by atoms with Crippen LogP contribution < -0.4 is 26.0 Å². The van der Waals surface area contributed by atoms with Crippen molar-refractivity contribution in [2.24, 2.45) is 21.7 Å². The highest BCUT2D eigenvalue weighted by Crippen LogP contribution is 2.56. The first-order valence-electron chi connectivity index (χ1n) is 26.2. The lowest BCUT2D eigenvalue weighted by Gasteiger charge is -2.63. The first-order valence-corrected chi connectivity index (χ1v) is 27.1. The van der Waals surface area contributed by atoms with E-state index in [1.54, 1.807) is 29.5 Å². The number of rotatable bonds is 17. The van der Waals surface area contributed by atoms with Gasteiger partial charge in [-0.3, -0.25) is 29.0 Å². The monoisotopic (exact) mass is 1080 g/mol. The number of nitrogens with zero attached hydrogens (tertiary/aromatic N) is 5. The van der Waals surface area contributed by atoms with Crippen molar-refractivity contribution < 1.29 is 46.9 Å². The fraction of sp³-hybridized carbons (Fsp3) is 0.544. The minimum Gasteiger partial charge on any atom is -0.489 e. The van der Waals surface area contributed by atoms with Crippen LogP contribution in [0.3, 0.4) is 0 Å². The molecule has 4 aliphatic rings. The number of β-amino-alcohol motifs (C(OH)–C–C–N with tert-alkyl or cyclic N) is 1. The summed E-state index contributed by atoms with van der Waals surface area (Å²) in [5, 5.41) is 32.7. The van der Waals surface area contributed by atoms with Gasteiger partial charge in [-0.2, -0.15) is 18.4 Å². The molecule has 1 aromatic heterocycles. The number of aryl methyl sites for hydroxylation is 1. The molecule has 1 saturated carbocycles. The molecule has 3 aliphatic heterocycles. The third-order valence-electron chi connectivity index (χ3n) is 15.9. The maximum Gasteiger partial charge on any atom is 0.417 e. The molecule has 3 saturated heterocycles. The Balaban J connectivity index is 0.784. The number of hydrogen-bond acceptors (Lipinski definition) is 13. The van der Waals surface area contributed by atoms with E-state index in [0.717, 1.165) is 59.2 Å². The van der Waals surface area contributed by atoms with Gasteiger partial charge in [0.05, 0.1) is 65.2 Å². The lowest BCUT2D eigenvalue weighted by atomic mass is 9.49. The van der Waals surface area contributed by atoms with E-state index in [1.165, 1.54) is 11.0 Å². The number of ether oxygens (including phenoxy) is 2. The van der Waals surface area contributed by atoms with Crippen molar-refractivity contribution in [3.8, 4) is 22.3 Å². The van der Waals surface area contributed by atoms with Gasteiger partial charge in [-0.25, -0.2) is 4.98 Å². The highest BCUT2D eigenvalue weighted by atomic mass is 32.1. The minimum atomic E-state index is -4.72. The zero-order valence-electron chi connectivity index (χ0n) is 45.3. The van der Waals surface area contributed by atoms with Gasteiger partial charge < -0.3 is 40.7 Å². The van der Waals surface area contributed by atoms with Crippen LogP contribution in [0.1, 0.15) is 101 Å². The summed E-state index contributed by atoms with van der Waals surface area (Å²) < 4.78 is 52.9. The molecule has 414 valence electrons. The molecule has 1 unspecified atom stereocenters. The van der Waals surface area contributed by atoms with Gasteiger partial charge in [0.25, 0.3) is 5.91 Å². The van der Waals surface area contributed by atoms with E-state index in [4.69, 9.17) is 9.47 Å². The number of alkyl halides is 3. The quantitative estimate of drug-likeness (QED) is 0.0724. The van der Waals surface area contributed by atoms with Crippen LogP contribution in [0.4, 0.5) is 18.9 Å². The van der Waals surface area contributed by atoms with Gasteiger partial charge in [-0.15, -0.1) is 11.3 Å². The standard InChI is InChI=1S/C57H72F3N9O7S/c1-34(36-10-12-37(13-11-36)46-35(2)63-33-77-46)64-49(73)44-24-41(70)27-69(44)50(74)47(53(3,4)5)65-45(71)28-67-20-22-68(23-21-67)30-56(31-75-32-56)29-62-40-17-14-38(15-18-40)48(72)66-51-54(6,7)52(55(51,8)9)76-42-19-16-39(26-61)43(25-42)57(58,59)60/h10-19,25,33-34,41,44,47,51-52,62,70H,20-24,27-32H2,1-9H3,(H,64,73)(H,65,71)(H,66,72)/t34-,41+,44-,47?,51?,52?/m0/s1. The van der Waals surface area contributed by atoms with E-state index in [9.17, 15) is 42.7 Å². The maximum atomic E-state index is 14.3. The lowest BCUT2D eigenvalue weighted by Crippen LogP contribution is -2.74. The smallest absolute Gasteiger partial charge is 0.417 e. The Bertz CT molecular complexity index is 2820. The molecule has 4 atom stereocenters. The molecule has 4 heterocycles. The lowest BCUT2D eigenvalue weighted by molar-refractivity contribution is -0.164. The van der Waals surface area contributed by atoms with Gasteiger partial charge >= 0.3 is 6.18 Å². The number of nitriles is 1. The van der Waals surface area contributed by atoms with Crippen molar-refractivity contribution in [3.05, 3.63) is 100 Å². The number of carbonyl (C=O) groups is 4. The van der Waals surface area contributed by atoms with Crippen LogP contribution >= 0.6 is 11.3 Å². The molecule has 4 fully saturated rings. The first-order chi connectivity index (χ1) is 36.2. The summed E-state index contributed by atoms with van der Waals surface area (Å²) in [4.78, 5) is 66.7. The van der Waals surface area contributed by atoms with Crippen LogP contribution in [0, 0.1) is 39.9 Å². The van der Waals surface area contributed by atoms with Crippen molar-refractivity contribution in [1.29, 1.82) is 5.26 Å². The van der Waals surface area contributed by atoms with Crippen LogP contribution in [0.25, 0.3) is 10.4 Å². The molecule has 0 spiro atoms. The molecule has 4 aromatic rings. The average molecular weight is 1080 g/mol. The van der Waals surface area contributed by atoms with E-state index >= 15 is 0 Å². The van der Waals surface area contributed by atoms with E-state index in [1.807, 2.05) is 104 Å². The summed E-state index contributed by atoms with van der Waals surface area (Å²) in [7, 11) is 0. The Labute approximate surface area is 453 Å². The second-order valence-electron chi connectivity index (χ2n) is 23.7. The van der Waals surface area contributed by atoms with Crippen molar-refractivity contribution in [2.45, 2.75) is 111 Å². The SMILES string of the molecule is Cc1ncsc1-c1ccc([C@H](C)NC(=O)[C@@H]2C[C@@H](O)CN2C(=O)C(NC(=O)CN2CCN(CC3(CNc4ccc(C(=O)NC5C(C)(C)C(Oc6ccc(C#N)c(C(F)(F)F)c6)C5(C)C)cc4)COC3)CC2)C(C)(C)C)cc1. The number of halogens is 3. The van der Waals surface area contributed by atoms with Crippen molar-refractivity contribution in [3.63, 3.8) is 0 Å². The van der Waals surface area contributed by atoms with Crippen LogP contribution in [0.15, 0.2) is 72.2 Å². The number of aliphatic hydroxyl groups excluding tert-OH is 1. The van der Waals surface area contributed by atoms with Crippen LogP contribution in [0.5, 0.6) is 5.75 Å². The summed E-state index contributed by atoms with van der Waals surface area (Å²) in [5.74, 6) is -1.35. The van der Waals surface area contributed by atoms with Crippen LogP contribution in [0.2, 0.25) is 0 Å². The number of benzene rings is 3. The zero-order valence-corrected chi connectivity index (χ0v) is 46.2. The maximum absolute atomic E-state index is 14.3. The van der Waals surface area contributed by atoms with Gasteiger partial charge in [0.15, 0.2) is 0 Å². The predicted octanol–water partition coefficient (Wildman–Crippen LogP) is 7.04. The van der Waals surface area contributed by atoms with Crippen molar-refractivity contribution in [1.82, 2.24) is 35.6 Å².